The minimum absolute atomic E-state index is 0. The Morgan fingerprint density at radius 3 is 0.395 bits per heavy atom. The molecule has 482 valence electrons. The first-order valence-electron chi connectivity index (χ1n) is 34.2. The molecule has 0 saturated carbocycles. The van der Waals surface area contributed by atoms with E-state index in [4.69, 9.17) is 99.4 Å². The third-order valence-electron chi connectivity index (χ3n) is 17.2. The molecule has 0 aromatic heterocycles. The Bertz CT molecular complexity index is 1110. The summed E-state index contributed by atoms with van der Waals surface area (Å²) in [5.41, 5.74) is 0. The predicted molar refractivity (Wildman–Crippen MR) is 393 cm³/mol. The van der Waals surface area contributed by atoms with E-state index in [0.29, 0.717) is 17.3 Å². The maximum absolute atomic E-state index is 5.32. The van der Waals surface area contributed by atoms with Crippen molar-refractivity contribution in [2.24, 2.45) is 47.3 Å². The summed E-state index contributed by atoms with van der Waals surface area (Å²) in [5, 5.41) is 0. The van der Waals surface area contributed by atoms with Gasteiger partial charge in [0.2, 0.25) is 0 Å². The van der Waals surface area contributed by atoms with Gasteiger partial charge in [-0.1, -0.05) is 282 Å². The maximum atomic E-state index is 5.32. The molecule has 0 aliphatic rings. The Labute approximate surface area is 568 Å². The third kappa shape index (κ3) is 53.8. The number of nitrogens with zero attached hydrogens (tertiary/aromatic N) is 4. The molecule has 0 rings (SSSR count). The molecule has 0 heterocycles. The molecule has 0 fully saturated rings. The molecule has 13 heteroatoms. The Balaban J connectivity index is -0.000000316. The van der Waals surface area contributed by atoms with E-state index in [0.717, 1.165) is 99.7 Å². The first-order valence-corrected chi connectivity index (χ1v) is 37.4. The van der Waals surface area contributed by atoms with Crippen molar-refractivity contribution < 1.29 is 21.1 Å². The Hall–Kier alpha value is 1.13. The molecular formula is C68H136MoN4S8. The topological polar surface area (TPSA) is 13.0 Å². The minimum Gasteiger partial charge on any atom is -0.411 e. The minimum atomic E-state index is 0. The first kappa shape index (κ1) is 90.9. The maximum Gasteiger partial charge on any atom is 4.00 e. The molecule has 0 aromatic carbocycles. The van der Waals surface area contributed by atoms with E-state index in [-0.39, 0.29) is 21.1 Å². The molecule has 0 bridgehead atoms. The van der Waals surface area contributed by atoms with Crippen molar-refractivity contribution in [2.75, 3.05) is 52.4 Å². The van der Waals surface area contributed by atoms with Gasteiger partial charge in [-0.05, 0) is 98.7 Å². The van der Waals surface area contributed by atoms with Crippen LogP contribution in [0.2, 0.25) is 0 Å². The Morgan fingerprint density at radius 2 is 0.333 bits per heavy atom. The van der Waals surface area contributed by atoms with E-state index in [1.807, 2.05) is 0 Å². The van der Waals surface area contributed by atoms with Gasteiger partial charge in [-0.25, -0.2) is 0 Å². The van der Waals surface area contributed by atoms with Gasteiger partial charge >= 0.3 is 21.1 Å². The second-order valence-electron chi connectivity index (χ2n) is 24.0. The summed E-state index contributed by atoms with van der Waals surface area (Å²) in [7, 11) is 0. The second-order valence-corrected chi connectivity index (χ2v) is 28.1. The largest absolute Gasteiger partial charge is 4.00 e. The fourth-order valence-electron chi connectivity index (χ4n) is 10.7. The molecule has 0 aliphatic heterocycles. The van der Waals surface area contributed by atoms with Gasteiger partial charge in [0.15, 0.2) is 0 Å². The molecule has 0 spiro atoms. The SMILES string of the molecule is CCCCC(CC)CN(CC(CC)CCCC)C(=S)[S-].CCCCC(CC)CN(CC(CC)CCCC)C(=S)[S-].CCCCC(CC)CN(CC(CC)CCCC)C(=S)[S-].CCCCC(CC)CN(CC(CC)CCCC)C(=S)[S-].[Mo+4]. The second kappa shape index (κ2) is 65.6. The van der Waals surface area contributed by atoms with E-state index in [1.54, 1.807) is 0 Å². The number of hydrogen-bond donors (Lipinski definition) is 0. The first-order chi connectivity index (χ1) is 38.3. The van der Waals surface area contributed by atoms with Gasteiger partial charge in [0.25, 0.3) is 0 Å². The summed E-state index contributed by atoms with van der Waals surface area (Å²) >= 11 is 42.5. The van der Waals surface area contributed by atoms with E-state index < -0.39 is 0 Å². The summed E-state index contributed by atoms with van der Waals surface area (Å²) in [6.07, 6.45) is 41.2. The Morgan fingerprint density at radius 1 is 0.235 bits per heavy atom. The van der Waals surface area contributed by atoms with E-state index in [9.17, 15) is 0 Å². The summed E-state index contributed by atoms with van der Waals surface area (Å²) in [4.78, 5) is 9.22. The molecule has 81 heavy (non-hydrogen) atoms. The normalized spacial score (nSPS) is 13.8. The van der Waals surface area contributed by atoms with Crippen LogP contribution in [0, 0.1) is 47.3 Å². The van der Waals surface area contributed by atoms with Gasteiger partial charge in [0.1, 0.15) is 0 Å². The van der Waals surface area contributed by atoms with Crippen LogP contribution in [0.4, 0.5) is 0 Å². The van der Waals surface area contributed by atoms with Crippen LogP contribution < -0.4 is 0 Å². The van der Waals surface area contributed by atoms with Crippen LogP contribution in [-0.4, -0.2) is 89.2 Å². The summed E-state index contributed by atoms with van der Waals surface area (Å²) in [6.45, 7) is 45.0. The van der Waals surface area contributed by atoms with Gasteiger partial charge in [-0.15, -0.1) is 0 Å². The van der Waals surface area contributed by atoms with Gasteiger partial charge in [0.05, 0.1) is 0 Å². The van der Waals surface area contributed by atoms with Crippen LogP contribution in [0.5, 0.6) is 0 Å². The molecule has 0 aromatic rings. The molecule has 0 aliphatic carbocycles. The van der Waals surface area contributed by atoms with Crippen molar-refractivity contribution in [1.82, 2.24) is 19.6 Å². The average molecular weight is 1360 g/mol. The van der Waals surface area contributed by atoms with Crippen molar-refractivity contribution in [3.8, 4) is 0 Å². The van der Waals surface area contributed by atoms with Crippen LogP contribution in [-0.2, 0) is 71.6 Å². The molecule has 4 nitrogen and oxygen atoms in total. The quantitative estimate of drug-likeness (QED) is 0.0327. The molecule has 0 saturated heterocycles. The number of unbranched alkanes of at least 4 members (excludes halogenated alkanes) is 8. The molecule has 0 amide bonds. The molecule has 0 N–H and O–H groups in total. The third-order valence-corrected chi connectivity index (χ3v) is 19.3. The summed E-state index contributed by atoms with van der Waals surface area (Å²) in [5.74, 6) is 6.00. The van der Waals surface area contributed by atoms with Crippen LogP contribution in [0.3, 0.4) is 0 Å². The van der Waals surface area contributed by atoms with Crippen LogP contribution in [0.25, 0.3) is 0 Å². The zero-order valence-electron chi connectivity index (χ0n) is 56.4. The van der Waals surface area contributed by atoms with Crippen LogP contribution >= 0.6 is 48.9 Å². The van der Waals surface area contributed by atoms with Crippen molar-refractivity contribution in [2.45, 2.75) is 316 Å². The fourth-order valence-corrected chi connectivity index (χ4v) is 11.9. The zero-order chi connectivity index (χ0) is 61.5. The summed E-state index contributed by atoms with van der Waals surface area (Å²) in [6, 6.07) is 0. The molecule has 8 unspecified atom stereocenters. The number of thiocarbonyl (C=S) groups is 4. The van der Waals surface area contributed by atoms with Crippen LogP contribution in [0.15, 0.2) is 0 Å². The molecule has 0 radical (unpaired) electrons. The van der Waals surface area contributed by atoms with Crippen molar-refractivity contribution in [3.63, 3.8) is 0 Å². The van der Waals surface area contributed by atoms with Gasteiger partial charge in [0, 0.05) is 52.4 Å². The van der Waals surface area contributed by atoms with Crippen molar-refractivity contribution in [3.05, 3.63) is 0 Å². The fraction of sp³-hybridized carbons (Fsp3) is 0.941. The van der Waals surface area contributed by atoms with Gasteiger partial charge < -0.3 is 119 Å². The van der Waals surface area contributed by atoms with Crippen molar-refractivity contribution in [1.29, 1.82) is 0 Å². The zero-order valence-corrected chi connectivity index (χ0v) is 64.9. The smallest absolute Gasteiger partial charge is 0.411 e. The monoisotopic (exact) mass is 1360 g/mol. The van der Waals surface area contributed by atoms with E-state index in [1.165, 1.54) is 205 Å². The van der Waals surface area contributed by atoms with Crippen LogP contribution in [0.1, 0.15) is 316 Å². The Kier molecular flexibility index (Phi) is 73.6. The van der Waals surface area contributed by atoms with E-state index in [2.05, 4.69) is 130 Å². The number of hydrogen-bond acceptors (Lipinski definition) is 8. The average Bonchev–Trinajstić information content (AvgIpc) is 3.45. The molecular weight excluding hydrogens is 1230 g/mol. The molecule has 8 atom stereocenters. The standard InChI is InChI=1S/4C17H35NS2.Mo/c4*1-5-9-11-15(7-3)13-18(17(19)20)14-16(8-4)12-10-6-2;/h4*15-16H,5-14H2,1-4H3,(H,19,20);/q;;;;+4/p-4. The number of rotatable bonds is 48. The predicted octanol–water partition coefficient (Wildman–Crippen LogP) is 22.2. The van der Waals surface area contributed by atoms with E-state index >= 15 is 0 Å². The van der Waals surface area contributed by atoms with Crippen molar-refractivity contribution >= 4 is 117 Å². The summed E-state index contributed by atoms with van der Waals surface area (Å²) < 4.78 is 2.70. The van der Waals surface area contributed by atoms with Gasteiger partial charge in [-0.3, -0.25) is 0 Å². The van der Waals surface area contributed by atoms with Gasteiger partial charge in [-0.2, -0.15) is 0 Å².